The number of ether oxygens (including phenoxy) is 2. The van der Waals surface area contributed by atoms with Gasteiger partial charge in [0, 0.05) is 12.2 Å². The molecule has 0 radical (unpaired) electrons. The molecule has 1 N–H and O–H groups in total. The van der Waals surface area contributed by atoms with Gasteiger partial charge in [0.25, 0.3) is 11.5 Å². The number of fused-ring (bicyclic) bond motifs is 2. The van der Waals surface area contributed by atoms with Gasteiger partial charge >= 0.3 is 6.18 Å². The highest BCUT2D eigenvalue weighted by Gasteiger charge is 2.31. The Kier molecular flexibility index (Phi) is 5.68. The highest BCUT2D eigenvalue weighted by atomic mass is 19.4. The van der Waals surface area contributed by atoms with Gasteiger partial charge in [0.2, 0.25) is 0 Å². The van der Waals surface area contributed by atoms with E-state index in [1.54, 1.807) is 42.5 Å². The van der Waals surface area contributed by atoms with E-state index < -0.39 is 23.2 Å². The average molecular weight is 480 g/mol. The fourth-order valence-corrected chi connectivity index (χ4v) is 3.98. The van der Waals surface area contributed by atoms with E-state index >= 15 is 0 Å². The Morgan fingerprint density at radius 1 is 0.914 bits per heavy atom. The van der Waals surface area contributed by atoms with Gasteiger partial charge in [0.1, 0.15) is 18.8 Å². The van der Waals surface area contributed by atoms with Crippen LogP contribution in [-0.4, -0.2) is 23.7 Å². The number of nitrogens with one attached hydrogen (secondary N) is 1. The Labute approximate surface area is 197 Å². The van der Waals surface area contributed by atoms with Crippen molar-refractivity contribution in [3.63, 3.8) is 0 Å². The minimum Gasteiger partial charge on any atom is -0.486 e. The fourth-order valence-electron chi connectivity index (χ4n) is 3.98. The molecule has 0 saturated carbocycles. The molecule has 178 valence electrons. The van der Waals surface area contributed by atoms with Gasteiger partial charge in [-0.3, -0.25) is 14.2 Å². The largest absolute Gasteiger partial charge is 0.486 e. The van der Waals surface area contributed by atoms with Crippen molar-refractivity contribution in [2.75, 3.05) is 13.2 Å². The molecule has 0 atom stereocenters. The molecule has 2 heterocycles. The Morgan fingerprint density at radius 2 is 1.69 bits per heavy atom. The number of carbonyl (C=O) groups is 1. The predicted octanol–water partition coefficient (Wildman–Crippen LogP) is 4.71. The molecule has 0 saturated heterocycles. The third-order valence-corrected chi connectivity index (χ3v) is 5.65. The van der Waals surface area contributed by atoms with Crippen LogP contribution in [0.3, 0.4) is 0 Å². The van der Waals surface area contributed by atoms with Gasteiger partial charge in [-0.25, -0.2) is 0 Å². The number of nitrogens with zero attached hydrogens (tertiary/aromatic N) is 1. The molecule has 1 amide bonds. The highest BCUT2D eigenvalue weighted by molar-refractivity contribution is 5.97. The summed E-state index contributed by atoms with van der Waals surface area (Å²) in [4.78, 5) is 26.4. The lowest BCUT2D eigenvalue weighted by Gasteiger charge is -2.19. The Balaban J connectivity index is 1.51. The van der Waals surface area contributed by atoms with E-state index in [1.807, 2.05) is 0 Å². The maximum Gasteiger partial charge on any atom is 0.416 e. The number of benzene rings is 3. The maximum atomic E-state index is 13.4. The second-order valence-corrected chi connectivity index (χ2v) is 7.97. The molecule has 1 aliphatic rings. The third-order valence-electron chi connectivity index (χ3n) is 5.65. The quantitative estimate of drug-likeness (QED) is 0.459. The van der Waals surface area contributed by atoms with Crippen molar-refractivity contribution in [3.8, 4) is 17.2 Å². The fraction of sp³-hybridized carbons (Fsp3) is 0.154. The van der Waals surface area contributed by atoms with E-state index in [0.717, 1.165) is 22.3 Å². The molecule has 35 heavy (non-hydrogen) atoms. The molecule has 0 unspecified atom stereocenters. The molecule has 5 rings (SSSR count). The van der Waals surface area contributed by atoms with Crippen LogP contribution in [0.4, 0.5) is 13.2 Å². The summed E-state index contributed by atoms with van der Waals surface area (Å²) in [5.41, 5.74) is -0.648. The standard InChI is InChI=1S/C26H19F3N2O4/c27-26(28,29)18-5-3-6-19(14-18)31-21-7-2-1-4-17(21)13-20(25(31)33)24(32)30-15-16-8-9-22-23(12-16)35-11-10-34-22/h1-9,12-14H,10-11,15H2,(H,30,32). The van der Waals surface area contributed by atoms with E-state index in [-0.39, 0.29) is 17.8 Å². The molecule has 0 fully saturated rings. The third kappa shape index (κ3) is 4.44. The molecule has 1 aliphatic heterocycles. The minimum atomic E-state index is -4.58. The van der Waals surface area contributed by atoms with Crippen LogP contribution in [0.5, 0.6) is 11.5 Å². The number of para-hydroxylation sites is 1. The zero-order valence-corrected chi connectivity index (χ0v) is 18.3. The SMILES string of the molecule is O=C(NCc1ccc2c(c1)OCCO2)c1cc2ccccc2n(-c2cccc(C(F)(F)F)c2)c1=O. The van der Waals surface area contributed by atoms with Crippen LogP contribution < -0.4 is 20.3 Å². The van der Waals surface area contributed by atoms with Gasteiger partial charge in [0.05, 0.1) is 11.1 Å². The van der Waals surface area contributed by atoms with Crippen molar-refractivity contribution in [2.45, 2.75) is 12.7 Å². The monoisotopic (exact) mass is 480 g/mol. The van der Waals surface area contributed by atoms with Crippen LogP contribution in [0.25, 0.3) is 16.6 Å². The number of aromatic nitrogens is 1. The Bertz CT molecular complexity index is 1490. The highest BCUT2D eigenvalue weighted by Crippen LogP contribution is 2.32. The van der Waals surface area contributed by atoms with E-state index in [4.69, 9.17) is 9.47 Å². The Hall–Kier alpha value is -4.27. The first-order chi connectivity index (χ1) is 16.8. The number of rotatable bonds is 4. The topological polar surface area (TPSA) is 69.6 Å². The molecule has 0 bridgehead atoms. The number of hydrogen-bond acceptors (Lipinski definition) is 4. The van der Waals surface area contributed by atoms with Crippen molar-refractivity contribution in [3.05, 3.63) is 99.8 Å². The molecular weight excluding hydrogens is 461 g/mol. The van der Waals surface area contributed by atoms with Gasteiger partial charge in [-0.15, -0.1) is 0 Å². The van der Waals surface area contributed by atoms with Crippen LogP contribution in [0, 0.1) is 0 Å². The van der Waals surface area contributed by atoms with Crippen LogP contribution >= 0.6 is 0 Å². The lowest BCUT2D eigenvalue weighted by atomic mass is 10.1. The van der Waals surface area contributed by atoms with E-state index in [9.17, 15) is 22.8 Å². The summed E-state index contributed by atoms with van der Waals surface area (Å²) >= 11 is 0. The first-order valence-corrected chi connectivity index (χ1v) is 10.8. The first kappa shape index (κ1) is 22.5. The number of alkyl halides is 3. The molecule has 0 spiro atoms. The summed E-state index contributed by atoms with van der Waals surface area (Å²) in [6, 6.07) is 17.9. The molecule has 6 nitrogen and oxygen atoms in total. The molecule has 9 heteroatoms. The summed E-state index contributed by atoms with van der Waals surface area (Å²) in [5, 5.41) is 3.25. The van der Waals surface area contributed by atoms with Crippen LogP contribution in [0.15, 0.2) is 77.6 Å². The minimum absolute atomic E-state index is 0.0162. The number of pyridine rings is 1. The van der Waals surface area contributed by atoms with Gasteiger partial charge < -0.3 is 14.8 Å². The van der Waals surface area contributed by atoms with Crippen molar-refractivity contribution in [2.24, 2.45) is 0 Å². The number of amides is 1. The van der Waals surface area contributed by atoms with Crippen molar-refractivity contribution in [1.82, 2.24) is 9.88 Å². The number of halogens is 3. The maximum absolute atomic E-state index is 13.4. The molecule has 3 aromatic carbocycles. The summed E-state index contributed by atoms with van der Waals surface area (Å²) in [7, 11) is 0. The van der Waals surface area contributed by atoms with Crippen molar-refractivity contribution in [1.29, 1.82) is 0 Å². The van der Waals surface area contributed by atoms with E-state index in [0.29, 0.717) is 35.6 Å². The van der Waals surface area contributed by atoms with E-state index in [2.05, 4.69) is 5.32 Å². The van der Waals surface area contributed by atoms with Crippen molar-refractivity contribution < 1.29 is 27.4 Å². The van der Waals surface area contributed by atoms with Gasteiger partial charge in [0.15, 0.2) is 11.5 Å². The summed E-state index contributed by atoms with van der Waals surface area (Å²) in [6.45, 7) is 1.00. The molecular formula is C26H19F3N2O4. The lowest BCUT2D eigenvalue weighted by molar-refractivity contribution is -0.137. The summed E-state index contributed by atoms with van der Waals surface area (Å²) < 4.78 is 52.1. The van der Waals surface area contributed by atoms with Crippen molar-refractivity contribution >= 4 is 16.8 Å². The first-order valence-electron chi connectivity index (χ1n) is 10.8. The average Bonchev–Trinajstić information content (AvgIpc) is 2.86. The zero-order chi connectivity index (χ0) is 24.6. The second-order valence-electron chi connectivity index (χ2n) is 7.97. The number of hydrogen-bond donors (Lipinski definition) is 1. The molecule has 0 aliphatic carbocycles. The normalized spacial score (nSPS) is 13.0. The predicted molar refractivity (Wildman–Crippen MR) is 123 cm³/mol. The van der Waals surface area contributed by atoms with Crippen LogP contribution in [-0.2, 0) is 12.7 Å². The van der Waals surface area contributed by atoms with Crippen LogP contribution in [0.2, 0.25) is 0 Å². The van der Waals surface area contributed by atoms with Crippen LogP contribution in [0.1, 0.15) is 21.5 Å². The lowest BCUT2D eigenvalue weighted by Crippen LogP contribution is -2.32. The zero-order valence-electron chi connectivity index (χ0n) is 18.3. The number of carbonyl (C=O) groups excluding carboxylic acids is 1. The van der Waals surface area contributed by atoms with Gasteiger partial charge in [-0.2, -0.15) is 13.2 Å². The Morgan fingerprint density at radius 3 is 2.49 bits per heavy atom. The summed E-state index contributed by atoms with van der Waals surface area (Å²) in [5.74, 6) is 0.543. The second kappa shape index (κ2) is 8.83. The van der Waals surface area contributed by atoms with Gasteiger partial charge in [-0.05, 0) is 53.4 Å². The van der Waals surface area contributed by atoms with Gasteiger partial charge in [-0.1, -0.05) is 30.3 Å². The molecule has 1 aromatic heterocycles. The van der Waals surface area contributed by atoms with E-state index in [1.165, 1.54) is 18.2 Å². The molecule has 4 aromatic rings. The smallest absolute Gasteiger partial charge is 0.416 e. The summed E-state index contributed by atoms with van der Waals surface area (Å²) in [6.07, 6.45) is -4.58.